The van der Waals surface area contributed by atoms with Crippen molar-refractivity contribution in [1.29, 1.82) is 0 Å². The fraction of sp³-hybridized carbons (Fsp3) is 0.143. The van der Waals surface area contributed by atoms with Gasteiger partial charge < -0.3 is 4.74 Å². The third kappa shape index (κ3) is 3.84. The van der Waals surface area contributed by atoms with Crippen LogP contribution in [-0.2, 0) is 6.61 Å². The van der Waals surface area contributed by atoms with Crippen LogP contribution in [0.5, 0.6) is 5.75 Å². The van der Waals surface area contributed by atoms with Crippen molar-refractivity contribution in [3.63, 3.8) is 0 Å². The predicted octanol–water partition coefficient (Wildman–Crippen LogP) is 3.89. The molecule has 0 spiro atoms. The lowest BCUT2D eigenvalue weighted by Gasteiger charge is -2.05. The molecule has 0 saturated carbocycles. The Bertz CT molecular complexity index is 1050. The Balaban J connectivity index is 1.45. The number of aromatic nitrogens is 5. The fourth-order valence-corrected chi connectivity index (χ4v) is 2.66. The number of hydrogen-bond acceptors (Lipinski definition) is 5. The van der Waals surface area contributed by atoms with Crippen LogP contribution in [-0.4, -0.2) is 24.6 Å². The number of aryl methyl sites for hydroxylation is 2. The first-order chi connectivity index (χ1) is 13.2. The van der Waals surface area contributed by atoms with E-state index in [9.17, 15) is 0 Å². The van der Waals surface area contributed by atoms with Crippen LogP contribution in [0.15, 0.2) is 54.9 Å². The standard InChI is InChI=1S/C21H19N5O/c1-15-12-22-16(2)21-24-20(25-26(15)21)11-9-18-8-10-19(13-23-18)27-14-17-6-4-3-5-7-17/h3-13H,14H2,1-2H3/b11-9+. The normalized spacial score (nSPS) is 11.3. The minimum absolute atomic E-state index is 0.523. The molecule has 3 aromatic heterocycles. The Morgan fingerprint density at radius 2 is 1.81 bits per heavy atom. The topological polar surface area (TPSA) is 65.2 Å². The highest BCUT2D eigenvalue weighted by Gasteiger charge is 2.06. The zero-order valence-electron chi connectivity index (χ0n) is 15.2. The second-order valence-electron chi connectivity index (χ2n) is 6.22. The summed E-state index contributed by atoms with van der Waals surface area (Å²) in [6.45, 7) is 4.40. The van der Waals surface area contributed by atoms with Gasteiger partial charge in [-0.15, -0.1) is 5.10 Å². The second kappa shape index (κ2) is 7.37. The quantitative estimate of drug-likeness (QED) is 0.542. The molecule has 0 amide bonds. The van der Waals surface area contributed by atoms with E-state index in [2.05, 4.69) is 20.1 Å². The lowest BCUT2D eigenvalue weighted by molar-refractivity contribution is 0.305. The van der Waals surface area contributed by atoms with E-state index in [0.717, 1.165) is 34.0 Å². The molecule has 6 heteroatoms. The van der Waals surface area contributed by atoms with Gasteiger partial charge in [-0.3, -0.25) is 9.97 Å². The van der Waals surface area contributed by atoms with Gasteiger partial charge in [-0.05, 0) is 43.7 Å². The molecule has 3 heterocycles. The largest absolute Gasteiger partial charge is 0.487 e. The van der Waals surface area contributed by atoms with Gasteiger partial charge in [0.05, 0.1) is 23.3 Å². The van der Waals surface area contributed by atoms with Crippen molar-refractivity contribution in [2.24, 2.45) is 0 Å². The van der Waals surface area contributed by atoms with Crippen LogP contribution in [0.3, 0.4) is 0 Å². The summed E-state index contributed by atoms with van der Waals surface area (Å²) in [5, 5.41) is 4.50. The van der Waals surface area contributed by atoms with Gasteiger partial charge in [0.25, 0.3) is 0 Å². The van der Waals surface area contributed by atoms with Gasteiger partial charge in [-0.25, -0.2) is 9.50 Å². The number of hydrogen-bond donors (Lipinski definition) is 0. The van der Waals surface area contributed by atoms with Crippen LogP contribution in [0.2, 0.25) is 0 Å². The molecule has 0 unspecified atom stereocenters. The van der Waals surface area contributed by atoms with E-state index in [-0.39, 0.29) is 0 Å². The van der Waals surface area contributed by atoms with E-state index in [1.807, 2.05) is 68.5 Å². The molecule has 1 aromatic carbocycles. The van der Waals surface area contributed by atoms with Gasteiger partial charge >= 0.3 is 0 Å². The molecule has 4 rings (SSSR count). The summed E-state index contributed by atoms with van der Waals surface area (Å²) < 4.78 is 7.56. The maximum Gasteiger partial charge on any atom is 0.177 e. The van der Waals surface area contributed by atoms with Crippen molar-refractivity contribution in [3.8, 4) is 5.75 Å². The number of benzene rings is 1. The molecule has 0 aliphatic heterocycles. The molecule has 0 bridgehead atoms. The Hall–Kier alpha value is -3.54. The number of fused-ring (bicyclic) bond motifs is 1. The lowest BCUT2D eigenvalue weighted by Crippen LogP contribution is -1.97. The zero-order chi connectivity index (χ0) is 18.6. The van der Waals surface area contributed by atoms with Crippen molar-refractivity contribution >= 4 is 17.8 Å². The maximum absolute atomic E-state index is 5.75. The van der Waals surface area contributed by atoms with Gasteiger partial charge in [0.15, 0.2) is 11.5 Å². The summed E-state index contributed by atoms with van der Waals surface area (Å²) in [6.07, 6.45) is 7.24. The fourth-order valence-electron chi connectivity index (χ4n) is 2.66. The summed E-state index contributed by atoms with van der Waals surface area (Å²) in [5.41, 5.74) is 4.51. The smallest absolute Gasteiger partial charge is 0.177 e. The first-order valence-electron chi connectivity index (χ1n) is 8.69. The van der Waals surface area contributed by atoms with Crippen molar-refractivity contribution in [3.05, 3.63) is 83.3 Å². The van der Waals surface area contributed by atoms with E-state index in [1.54, 1.807) is 16.9 Å². The van der Waals surface area contributed by atoms with E-state index >= 15 is 0 Å². The molecular weight excluding hydrogens is 338 g/mol. The highest BCUT2D eigenvalue weighted by atomic mass is 16.5. The summed E-state index contributed by atoms with van der Waals surface area (Å²) in [4.78, 5) is 13.2. The van der Waals surface area contributed by atoms with Crippen LogP contribution in [0, 0.1) is 13.8 Å². The van der Waals surface area contributed by atoms with Gasteiger partial charge in [-0.1, -0.05) is 30.3 Å². The number of ether oxygens (including phenoxy) is 1. The van der Waals surface area contributed by atoms with Crippen LogP contribution in [0.1, 0.15) is 28.5 Å². The average Bonchev–Trinajstić information content (AvgIpc) is 3.15. The highest BCUT2D eigenvalue weighted by molar-refractivity contribution is 5.65. The minimum Gasteiger partial charge on any atom is -0.487 e. The molecule has 0 radical (unpaired) electrons. The average molecular weight is 357 g/mol. The zero-order valence-corrected chi connectivity index (χ0v) is 15.2. The Morgan fingerprint density at radius 3 is 2.56 bits per heavy atom. The van der Waals surface area contributed by atoms with Crippen molar-refractivity contribution in [1.82, 2.24) is 24.6 Å². The molecule has 6 nitrogen and oxygen atoms in total. The van der Waals surface area contributed by atoms with Crippen molar-refractivity contribution < 1.29 is 4.74 Å². The van der Waals surface area contributed by atoms with E-state index in [4.69, 9.17) is 4.74 Å². The number of pyridine rings is 1. The van der Waals surface area contributed by atoms with Gasteiger partial charge in [0.1, 0.15) is 12.4 Å². The Labute approximate surface area is 157 Å². The Kier molecular flexibility index (Phi) is 4.61. The number of rotatable bonds is 5. The Morgan fingerprint density at radius 1 is 0.963 bits per heavy atom. The van der Waals surface area contributed by atoms with Crippen LogP contribution in [0.25, 0.3) is 17.8 Å². The van der Waals surface area contributed by atoms with E-state index < -0.39 is 0 Å². The lowest BCUT2D eigenvalue weighted by atomic mass is 10.2. The SMILES string of the molecule is Cc1ncc(C)n2nc(/C=C/c3ccc(OCc4ccccc4)cn3)nc12. The third-order valence-electron chi connectivity index (χ3n) is 4.14. The molecule has 134 valence electrons. The summed E-state index contributed by atoms with van der Waals surface area (Å²) >= 11 is 0. The van der Waals surface area contributed by atoms with E-state index in [0.29, 0.717) is 12.4 Å². The molecular formula is C21H19N5O. The minimum atomic E-state index is 0.523. The first-order valence-corrected chi connectivity index (χ1v) is 8.69. The number of nitrogens with zero attached hydrogens (tertiary/aromatic N) is 5. The van der Waals surface area contributed by atoms with Gasteiger partial charge in [0, 0.05) is 6.20 Å². The van der Waals surface area contributed by atoms with Crippen LogP contribution >= 0.6 is 0 Å². The van der Waals surface area contributed by atoms with Gasteiger partial charge in [-0.2, -0.15) is 0 Å². The molecule has 0 N–H and O–H groups in total. The molecule has 27 heavy (non-hydrogen) atoms. The second-order valence-corrected chi connectivity index (χ2v) is 6.22. The monoisotopic (exact) mass is 357 g/mol. The third-order valence-corrected chi connectivity index (χ3v) is 4.14. The summed E-state index contributed by atoms with van der Waals surface area (Å²) in [5.74, 6) is 1.36. The molecule has 0 saturated heterocycles. The molecule has 0 aliphatic rings. The summed E-state index contributed by atoms with van der Waals surface area (Å²) in [7, 11) is 0. The first kappa shape index (κ1) is 16.9. The van der Waals surface area contributed by atoms with Crippen molar-refractivity contribution in [2.75, 3.05) is 0 Å². The van der Waals surface area contributed by atoms with E-state index in [1.165, 1.54) is 0 Å². The summed E-state index contributed by atoms with van der Waals surface area (Å²) in [6, 6.07) is 13.9. The molecule has 0 atom stereocenters. The van der Waals surface area contributed by atoms with Crippen molar-refractivity contribution in [2.45, 2.75) is 20.5 Å². The predicted molar refractivity (Wildman–Crippen MR) is 104 cm³/mol. The molecule has 0 aliphatic carbocycles. The molecule has 4 aromatic rings. The molecule has 0 fully saturated rings. The van der Waals surface area contributed by atoms with Gasteiger partial charge in [0.2, 0.25) is 0 Å². The maximum atomic E-state index is 5.75. The van der Waals surface area contributed by atoms with Crippen LogP contribution in [0.4, 0.5) is 0 Å². The van der Waals surface area contributed by atoms with Crippen LogP contribution < -0.4 is 4.74 Å². The highest BCUT2D eigenvalue weighted by Crippen LogP contribution is 2.14.